The van der Waals surface area contributed by atoms with Gasteiger partial charge in [0.1, 0.15) is 15.7 Å². The van der Waals surface area contributed by atoms with Crippen molar-refractivity contribution >= 4 is 32.6 Å². The fourth-order valence-corrected chi connectivity index (χ4v) is 4.59. The maximum atomic E-state index is 13.1. The average molecular weight is 398 g/mol. The summed E-state index contributed by atoms with van der Waals surface area (Å²) in [5.41, 5.74) is 1.71. The Morgan fingerprint density at radius 1 is 1.39 bits per heavy atom. The van der Waals surface area contributed by atoms with E-state index in [9.17, 15) is 9.59 Å². The van der Waals surface area contributed by atoms with Gasteiger partial charge in [0.15, 0.2) is 0 Å². The third kappa shape index (κ3) is 3.64. The number of hydrogen-bond acceptors (Lipinski definition) is 5. The van der Waals surface area contributed by atoms with E-state index in [-0.39, 0.29) is 11.6 Å². The van der Waals surface area contributed by atoms with Gasteiger partial charge in [-0.25, -0.2) is 9.78 Å². The minimum Gasteiger partial charge on any atom is -0.334 e. The van der Waals surface area contributed by atoms with Crippen LogP contribution in [0.5, 0.6) is 0 Å². The van der Waals surface area contributed by atoms with Gasteiger partial charge in [0, 0.05) is 31.9 Å². The van der Waals surface area contributed by atoms with Crippen LogP contribution in [-0.2, 0) is 19.5 Å². The second kappa shape index (κ2) is 7.71. The number of fused-ring (bicyclic) bond motifs is 2. The second-order valence-electron chi connectivity index (χ2n) is 7.32. The lowest BCUT2D eigenvalue weighted by molar-refractivity contribution is 0.252. The molecule has 7 nitrogen and oxygen atoms in total. The molecule has 8 heteroatoms. The molecule has 1 aliphatic rings. The number of amides is 2. The number of hydrogen-bond donors (Lipinski definition) is 2. The maximum Gasteiger partial charge on any atom is 0.320 e. The van der Waals surface area contributed by atoms with E-state index in [0.717, 1.165) is 36.2 Å². The molecule has 0 saturated heterocycles. The predicted octanol–water partition coefficient (Wildman–Crippen LogP) is 3.46. The lowest BCUT2D eigenvalue weighted by atomic mass is 10.0. The standard InChI is InChI=1S/C20H23N5O2S/c1-12-5-6-15-23-18-16(19(26)25(15)9-7-12)13(2)17(28-18)24-20(27)22-11-14-4-3-8-21-10-14/h3-4,8,10,12H,5-7,9,11H2,1-2H3,(H2,22,24,27)/t12-/m1/s1. The van der Waals surface area contributed by atoms with Gasteiger partial charge in [-0.2, -0.15) is 0 Å². The molecule has 0 saturated carbocycles. The van der Waals surface area contributed by atoms with Crippen LogP contribution in [0, 0.1) is 12.8 Å². The minimum absolute atomic E-state index is 0.00617. The number of carbonyl (C=O) groups excluding carboxylic acids is 1. The molecule has 3 aromatic heterocycles. The maximum absolute atomic E-state index is 13.1. The van der Waals surface area contributed by atoms with Crippen molar-refractivity contribution < 1.29 is 4.79 Å². The van der Waals surface area contributed by atoms with E-state index in [1.807, 2.05) is 23.6 Å². The highest BCUT2D eigenvalue weighted by molar-refractivity contribution is 7.22. The van der Waals surface area contributed by atoms with E-state index in [1.54, 1.807) is 12.4 Å². The molecule has 1 aliphatic heterocycles. The number of aromatic nitrogens is 3. The molecule has 3 aromatic rings. The Morgan fingerprint density at radius 3 is 3.04 bits per heavy atom. The van der Waals surface area contributed by atoms with Gasteiger partial charge in [-0.3, -0.25) is 19.7 Å². The Kier molecular flexibility index (Phi) is 5.13. The van der Waals surface area contributed by atoms with Gasteiger partial charge in [-0.1, -0.05) is 24.3 Å². The molecule has 0 aliphatic carbocycles. The monoisotopic (exact) mass is 397 g/mol. The first-order chi connectivity index (χ1) is 13.5. The molecule has 2 amide bonds. The van der Waals surface area contributed by atoms with Crippen LogP contribution >= 0.6 is 11.3 Å². The molecule has 4 rings (SSSR count). The third-order valence-corrected chi connectivity index (χ3v) is 6.34. The number of nitrogens with one attached hydrogen (secondary N) is 2. The van der Waals surface area contributed by atoms with Crippen molar-refractivity contribution in [3.05, 3.63) is 51.8 Å². The Morgan fingerprint density at radius 2 is 2.25 bits per heavy atom. The number of urea groups is 1. The lowest BCUT2D eigenvalue weighted by Crippen LogP contribution is -2.28. The fraction of sp³-hybridized carbons (Fsp3) is 0.400. The Labute approximate surface area is 166 Å². The molecular formula is C20H23N5O2S. The van der Waals surface area contributed by atoms with Crippen LogP contribution in [0.1, 0.15) is 36.7 Å². The Bertz CT molecular complexity index is 1070. The molecule has 4 heterocycles. The van der Waals surface area contributed by atoms with Gasteiger partial charge < -0.3 is 5.32 Å². The summed E-state index contributed by atoms with van der Waals surface area (Å²) < 4.78 is 1.82. The summed E-state index contributed by atoms with van der Waals surface area (Å²) in [4.78, 5) is 34.8. The third-order valence-electron chi connectivity index (χ3n) is 5.24. The van der Waals surface area contributed by atoms with E-state index in [0.29, 0.717) is 34.2 Å². The number of rotatable bonds is 3. The zero-order chi connectivity index (χ0) is 19.7. The summed E-state index contributed by atoms with van der Waals surface area (Å²) in [5, 5.41) is 6.96. The van der Waals surface area contributed by atoms with Gasteiger partial charge in [-0.15, -0.1) is 0 Å². The first-order valence-electron chi connectivity index (χ1n) is 9.49. The van der Waals surface area contributed by atoms with Crippen molar-refractivity contribution in [2.45, 2.75) is 46.2 Å². The van der Waals surface area contributed by atoms with E-state index >= 15 is 0 Å². The Balaban J connectivity index is 1.57. The first kappa shape index (κ1) is 18.6. The number of pyridine rings is 1. The van der Waals surface area contributed by atoms with Gasteiger partial charge in [0.05, 0.1) is 5.39 Å². The highest BCUT2D eigenvalue weighted by Crippen LogP contribution is 2.32. The summed E-state index contributed by atoms with van der Waals surface area (Å²) in [6, 6.07) is 3.42. The molecule has 146 valence electrons. The first-order valence-corrected chi connectivity index (χ1v) is 10.3. The van der Waals surface area contributed by atoms with E-state index in [2.05, 4.69) is 22.5 Å². The van der Waals surface area contributed by atoms with Crippen LogP contribution in [0.25, 0.3) is 10.2 Å². The van der Waals surface area contributed by atoms with Crippen molar-refractivity contribution in [2.75, 3.05) is 5.32 Å². The van der Waals surface area contributed by atoms with E-state index in [4.69, 9.17) is 4.98 Å². The van der Waals surface area contributed by atoms with Crippen LogP contribution in [0.15, 0.2) is 29.3 Å². The molecule has 2 N–H and O–H groups in total. The summed E-state index contributed by atoms with van der Waals surface area (Å²) in [5.74, 6) is 1.46. The average Bonchev–Trinajstić information content (AvgIpc) is 2.87. The molecule has 28 heavy (non-hydrogen) atoms. The number of anilines is 1. The van der Waals surface area contributed by atoms with Crippen LogP contribution in [0.4, 0.5) is 9.80 Å². The van der Waals surface area contributed by atoms with Gasteiger partial charge in [0.25, 0.3) is 5.56 Å². The SMILES string of the molecule is Cc1c(NC(=O)NCc2cccnc2)sc2nc3n(c(=O)c12)CC[C@H](C)CC3. The van der Waals surface area contributed by atoms with E-state index in [1.165, 1.54) is 11.3 Å². The zero-order valence-corrected chi connectivity index (χ0v) is 16.8. The summed E-state index contributed by atoms with van der Waals surface area (Å²) in [6.45, 7) is 5.18. The smallest absolute Gasteiger partial charge is 0.320 e. The molecule has 0 radical (unpaired) electrons. The number of thiophene rings is 1. The molecule has 0 aromatic carbocycles. The summed E-state index contributed by atoms with van der Waals surface area (Å²) >= 11 is 1.36. The molecule has 0 spiro atoms. The van der Waals surface area contributed by atoms with Crippen LogP contribution < -0.4 is 16.2 Å². The minimum atomic E-state index is -0.311. The quantitative estimate of drug-likeness (QED) is 0.708. The largest absolute Gasteiger partial charge is 0.334 e. The molecule has 0 fully saturated rings. The van der Waals surface area contributed by atoms with Crippen molar-refractivity contribution in [1.82, 2.24) is 19.9 Å². The van der Waals surface area contributed by atoms with Crippen molar-refractivity contribution in [3.63, 3.8) is 0 Å². The normalized spacial score (nSPS) is 16.4. The van der Waals surface area contributed by atoms with Crippen molar-refractivity contribution in [2.24, 2.45) is 5.92 Å². The summed E-state index contributed by atoms with van der Waals surface area (Å²) in [6.07, 6.45) is 6.26. The zero-order valence-electron chi connectivity index (χ0n) is 16.0. The summed E-state index contributed by atoms with van der Waals surface area (Å²) in [7, 11) is 0. The topological polar surface area (TPSA) is 88.9 Å². The van der Waals surface area contributed by atoms with Crippen LogP contribution in [-0.4, -0.2) is 20.6 Å². The molecule has 0 bridgehead atoms. The van der Waals surface area contributed by atoms with Gasteiger partial charge in [-0.05, 0) is 42.9 Å². The van der Waals surface area contributed by atoms with Crippen molar-refractivity contribution in [3.8, 4) is 0 Å². The van der Waals surface area contributed by atoms with Crippen LogP contribution in [0.3, 0.4) is 0 Å². The number of carbonyl (C=O) groups is 1. The Hall–Kier alpha value is -2.74. The van der Waals surface area contributed by atoms with Crippen LogP contribution in [0.2, 0.25) is 0 Å². The van der Waals surface area contributed by atoms with E-state index < -0.39 is 0 Å². The fourth-order valence-electron chi connectivity index (χ4n) is 3.50. The molecular weight excluding hydrogens is 374 g/mol. The lowest BCUT2D eigenvalue weighted by Gasteiger charge is -2.08. The second-order valence-corrected chi connectivity index (χ2v) is 8.32. The highest BCUT2D eigenvalue weighted by atomic mass is 32.1. The molecule has 1 atom stereocenters. The number of nitrogens with zero attached hydrogens (tertiary/aromatic N) is 3. The van der Waals surface area contributed by atoms with Gasteiger partial charge in [0.2, 0.25) is 0 Å². The highest BCUT2D eigenvalue weighted by Gasteiger charge is 2.21. The van der Waals surface area contributed by atoms with Gasteiger partial charge >= 0.3 is 6.03 Å². The number of aryl methyl sites for hydroxylation is 2. The van der Waals surface area contributed by atoms with Crippen molar-refractivity contribution in [1.29, 1.82) is 0 Å². The predicted molar refractivity (Wildman–Crippen MR) is 111 cm³/mol. The molecule has 0 unspecified atom stereocenters.